The number of rotatable bonds is 5. The Bertz CT molecular complexity index is 235. The van der Waals surface area contributed by atoms with Gasteiger partial charge in [0.05, 0.1) is 0 Å². The zero-order valence-electron chi connectivity index (χ0n) is 11.4. The van der Waals surface area contributed by atoms with Gasteiger partial charge in [-0.1, -0.05) is 13.3 Å². The van der Waals surface area contributed by atoms with Gasteiger partial charge in [0.1, 0.15) is 0 Å². The summed E-state index contributed by atoms with van der Waals surface area (Å²) in [6.07, 6.45) is 3.88. The van der Waals surface area contributed by atoms with Crippen molar-refractivity contribution < 1.29 is 4.79 Å². The Labute approximate surface area is 105 Å². The molecule has 1 rings (SSSR count). The smallest absolute Gasteiger partial charge is 0.224 e. The van der Waals surface area contributed by atoms with E-state index in [9.17, 15) is 4.79 Å². The molecule has 1 heterocycles. The number of likely N-dealkylation sites (tertiary alicyclic amines) is 1. The molecule has 3 N–H and O–H groups in total. The van der Waals surface area contributed by atoms with Crippen LogP contribution in [0.5, 0.6) is 0 Å². The van der Waals surface area contributed by atoms with E-state index in [1.54, 1.807) is 0 Å². The van der Waals surface area contributed by atoms with Gasteiger partial charge in [0.15, 0.2) is 0 Å². The molecule has 0 aromatic rings. The van der Waals surface area contributed by atoms with Crippen molar-refractivity contribution in [3.8, 4) is 0 Å². The summed E-state index contributed by atoms with van der Waals surface area (Å²) >= 11 is 0. The summed E-state index contributed by atoms with van der Waals surface area (Å²) in [4.78, 5) is 14.1. The van der Waals surface area contributed by atoms with Crippen molar-refractivity contribution in [3.05, 3.63) is 0 Å². The minimum atomic E-state index is -0.0776. The fraction of sp³-hybridized carbons (Fsp3) is 0.923. The van der Waals surface area contributed by atoms with Gasteiger partial charge < -0.3 is 11.1 Å². The number of carbonyl (C=O) groups is 1. The molecule has 0 saturated carbocycles. The average molecular weight is 241 g/mol. The van der Waals surface area contributed by atoms with E-state index in [2.05, 4.69) is 24.1 Å². The molecule has 17 heavy (non-hydrogen) atoms. The van der Waals surface area contributed by atoms with E-state index in [1.165, 1.54) is 19.3 Å². The molecule has 1 aliphatic heterocycles. The van der Waals surface area contributed by atoms with E-state index in [1.807, 2.05) is 6.92 Å². The van der Waals surface area contributed by atoms with Gasteiger partial charge in [0.2, 0.25) is 5.91 Å². The monoisotopic (exact) mass is 241 g/mol. The fourth-order valence-corrected chi connectivity index (χ4v) is 2.50. The molecule has 0 bridgehead atoms. The van der Waals surface area contributed by atoms with Gasteiger partial charge in [0.25, 0.3) is 0 Å². The third-order valence-corrected chi connectivity index (χ3v) is 3.85. The van der Waals surface area contributed by atoms with Crippen molar-refractivity contribution in [1.29, 1.82) is 0 Å². The van der Waals surface area contributed by atoms with Gasteiger partial charge in [-0.3, -0.25) is 9.69 Å². The third kappa shape index (κ3) is 4.28. The van der Waals surface area contributed by atoms with Crippen LogP contribution in [0.15, 0.2) is 0 Å². The predicted octanol–water partition coefficient (Wildman–Crippen LogP) is 0.960. The lowest BCUT2D eigenvalue weighted by molar-refractivity contribution is -0.124. The van der Waals surface area contributed by atoms with Gasteiger partial charge in [-0.15, -0.1) is 0 Å². The lowest BCUT2D eigenvalue weighted by atomic mass is 9.98. The van der Waals surface area contributed by atoms with E-state index in [0.29, 0.717) is 18.6 Å². The number of hydrogen-bond acceptors (Lipinski definition) is 3. The van der Waals surface area contributed by atoms with Crippen molar-refractivity contribution in [3.63, 3.8) is 0 Å². The molecule has 0 aromatic carbocycles. The molecule has 4 nitrogen and oxygen atoms in total. The summed E-state index contributed by atoms with van der Waals surface area (Å²) in [5.74, 6) is -0.00369. The Morgan fingerprint density at radius 2 is 2.00 bits per heavy atom. The van der Waals surface area contributed by atoms with Gasteiger partial charge in [-0.25, -0.2) is 0 Å². The van der Waals surface area contributed by atoms with Gasteiger partial charge in [0, 0.05) is 37.6 Å². The van der Waals surface area contributed by atoms with Crippen molar-refractivity contribution in [2.24, 2.45) is 11.7 Å². The highest BCUT2D eigenvalue weighted by atomic mass is 16.1. The summed E-state index contributed by atoms with van der Waals surface area (Å²) in [5.41, 5.74) is 5.46. The van der Waals surface area contributed by atoms with E-state index >= 15 is 0 Å². The quantitative estimate of drug-likeness (QED) is 0.754. The highest BCUT2D eigenvalue weighted by Gasteiger charge is 2.24. The third-order valence-electron chi connectivity index (χ3n) is 3.85. The number of nitrogens with two attached hydrogens (primary N) is 1. The lowest BCUT2D eigenvalue weighted by Crippen LogP contribution is -2.47. The highest BCUT2D eigenvalue weighted by Crippen LogP contribution is 2.21. The first-order chi connectivity index (χ1) is 8.06. The minimum absolute atomic E-state index is 0.0739. The number of carbonyl (C=O) groups excluding carboxylic acids is 1. The van der Waals surface area contributed by atoms with Gasteiger partial charge >= 0.3 is 0 Å². The molecule has 1 amide bonds. The Morgan fingerprint density at radius 3 is 2.53 bits per heavy atom. The molecule has 1 fully saturated rings. The van der Waals surface area contributed by atoms with Gasteiger partial charge in [-0.05, 0) is 26.7 Å². The largest absolute Gasteiger partial charge is 0.355 e. The number of piperidine rings is 1. The Balaban J connectivity index is 2.27. The van der Waals surface area contributed by atoms with Crippen LogP contribution in [0.25, 0.3) is 0 Å². The summed E-state index contributed by atoms with van der Waals surface area (Å²) in [7, 11) is 0. The topological polar surface area (TPSA) is 58.4 Å². The second-order valence-electron chi connectivity index (χ2n) is 5.29. The van der Waals surface area contributed by atoms with Crippen molar-refractivity contribution >= 4 is 5.91 Å². The predicted molar refractivity (Wildman–Crippen MR) is 70.7 cm³/mol. The van der Waals surface area contributed by atoms with Crippen LogP contribution in [0.1, 0.15) is 40.0 Å². The number of amides is 1. The molecule has 100 valence electrons. The van der Waals surface area contributed by atoms with E-state index in [4.69, 9.17) is 5.73 Å². The van der Waals surface area contributed by atoms with Crippen LogP contribution in [0.3, 0.4) is 0 Å². The summed E-state index contributed by atoms with van der Waals surface area (Å²) in [5, 5.41) is 2.96. The van der Waals surface area contributed by atoms with Crippen LogP contribution < -0.4 is 11.1 Å². The average Bonchev–Trinajstić information content (AvgIpc) is 2.31. The van der Waals surface area contributed by atoms with Crippen molar-refractivity contribution in [2.75, 3.05) is 19.6 Å². The maximum Gasteiger partial charge on any atom is 0.224 e. The van der Waals surface area contributed by atoms with Crippen molar-refractivity contribution in [1.82, 2.24) is 10.2 Å². The summed E-state index contributed by atoms with van der Waals surface area (Å²) in [6.45, 7) is 8.52. The molecular weight excluding hydrogens is 214 g/mol. The highest BCUT2D eigenvalue weighted by molar-refractivity contribution is 5.78. The Hall–Kier alpha value is -0.610. The van der Waals surface area contributed by atoms with E-state index < -0.39 is 0 Å². The first-order valence-corrected chi connectivity index (χ1v) is 6.79. The molecule has 0 radical (unpaired) electrons. The maximum atomic E-state index is 11.6. The van der Waals surface area contributed by atoms with Crippen molar-refractivity contribution in [2.45, 2.75) is 52.1 Å². The maximum absolute atomic E-state index is 11.6. The second-order valence-corrected chi connectivity index (χ2v) is 5.29. The van der Waals surface area contributed by atoms with E-state index in [-0.39, 0.29) is 11.8 Å². The van der Waals surface area contributed by atoms with Crippen LogP contribution >= 0.6 is 0 Å². The molecule has 3 atom stereocenters. The first-order valence-electron chi connectivity index (χ1n) is 6.79. The number of nitrogens with one attached hydrogen (secondary N) is 1. The molecule has 1 saturated heterocycles. The summed E-state index contributed by atoms with van der Waals surface area (Å²) < 4.78 is 0. The van der Waals surface area contributed by atoms with Crippen LogP contribution in [0, 0.1) is 5.92 Å². The molecule has 0 aliphatic carbocycles. The Kier molecular flexibility index (Phi) is 5.92. The molecule has 0 spiro atoms. The number of nitrogens with zero attached hydrogens (tertiary/aromatic N) is 1. The minimum Gasteiger partial charge on any atom is -0.355 e. The molecular formula is C13H27N3O. The van der Waals surface area contributed by atoms with Crippen LogP contribution in [0.4, 0.5) is 0 Å². The normalized spacial score (nSPS) is 27.8. The van der Waals surface area contributed by atoms with Crippen LogP contribution in [0.2, 0.25) is 0 Å². The SMILES string of the molecule is CC(CN)C(=O)NCCN1C(C)CCCC1C. The fourth-order valence-electron chi connectivity index (χ4n) is 2.50. The van der Waals surface area contributed by atoms with Gasteiger partial charge in [-0.2, -0.15) is 0 Å². The second kappa shape index (κ2) is 6.97. The summed E-state index contributed by atoms with van der Waals surface area (Å²) in [6, 6.07) is 1.28. The zero-order chi connectivity index (χ0) is 12.8. The van der Waals surface area contributed by atoms with Crippen LogP contribution in [-0.2, 0) is 4.79 Å². The van der Waals surface area contributed by atoms with E-state index in [0.717, 1.165) is 13.1 Å². The molecule has 3 unspecified atom stereocenters. The Morgan fingerprint density at radius 1 is 1.41 bits per heavy atom. The standard InChI is InChI=1S/C13H27N3O/c1-10(9-14)13(17)15-7-8-16-11(2)5-4-6-12(16)3/h10-12H,4-9,14H2,1-3H3,(H,15,17). The van der Waals surface area contributed by atoms with Crippen LogP contribution in [-0.4, -0.2) is 42.5 Å². The first kappa shape index (κ1) is 14.5. The number of hydrogen-bond donors (Lipinski definition) is 2. The zero-order valence-corrected chi connectivity index (χ0v) is 11.4. The lowest BCUT2D eigenvalue weighted by Gasteiger charge is -2.39. The molecule has 4 heteroatoms. The molecule has 1 aliphatic rings. The molecule has 0 aromatic heterocycles.